The molecule has 2 unspecified atom stereocenters. The Balaban J connectivity index is 2.67. The molecule has 116 valence electrons. The molecule has 0 aromatic heterocycles. The molecule has 1 aliphatic heterocycles. The minimum atomic E-state index is -1.28. The highest BCUT2D eigenvalue weighted by molar-refractivity contribution is 5.74. The summed E-state index contributed by atoms with van der Waals surface area (Å²) in [6, 6.07) is -0.410. The molecule has 0 spiro atoms. The molecular weight excluding hydrogens is 266 g/mol. The van der Waals surface area contributed by atoms with Crippen molar-refractivity contribution in [1.82, 2.24) is 4.90 Å². The smallest absolute Gasteiger partial charge is 0.410 e. The number of carbonyl (C=O) groups is 2. The Bertz CT molecular complexity index is 351. The Hall–Kier alpha value is -1.34. The molecular formula is C13H23NO6. The van der Waals surface area contributed by atoms with Crippen LogP contribution < -0.4 is 0 Å². The molecule has 7 nitrogen and oxygen atoms in total. The molecule has 1 heterocycles. The first-order chi connectivity index (χ1) is 9.24. The topological polar surface area (TPSA) is 85.3 Å². The Kier molecular flexibility index (Phi) is 5.76. The number of morpholine rings is 1. The van der Waals surface area contributed by atoms with Crippen LogP contribution >= 0.6 is 0 Å². The normalized spacial score (nSPS) is 21.2. The highest BCUT2D eigenvalue weighted by atomic mass is 16.6. The molecule has 2 atom stereocenters. The summed E-state index contributed by atoms with van der Waals surface area (Å²) in [5.74, 6) is -0.722. The van der Waals surface area contributed by atoms with Crippen molar-refractivity contribution in [2.75, 3.05) is 26.9 Å². The van der Waals surface area contributed by atoms with E-state index in [9.17, 15) is 14.7 Å². The fraction of sp³-hybridized carbons (Fsp3) is 0.846. The number of amides is 1. The van der Waals surface area contributed by atoms with Crippen molar-refractivity contribution < 1.29 is 28.9 Å². The van der Waals surface area contributed by atoms with Gasteiger partial charge in [-0.05, 0) is 20.8 Å². The molecule has 1 amide bonds. The van der Waals surface area contributed by atoms with Gasteiger partial charge in [0.05, 0.1) is 26.4 Å². The molecule has 1 fully saturated rings. The van der Waals surface area contributed by atoms with E-state index in [2.05, 4.69) is 4.74 Å². The summed E-state index contributed by atoms with van der Waals surface area (Å²) in [5.41, 5.74) is -0.596. The summed E-state index contributed by atoms with van der Waals surface area (Å²) < 4.78 is 15.1. The second kappa shape index (κ2) is 6.90. The Morgan fingerprint density at radius 2 is 2.10 bits per heavy atom. The first-order valence-corrected chi connectivity index (χ1v) is 6.58. The van der Waals surface area contributed by atoms with Crippen molar-refractivity contribution in [3.8, 4) is 0 Å². The molecule has 0 saturated carbocycles. The molecule has 0 aromatic rings. The van der Waals surface area contributed by atoms with Gasteiger partial charge in [0.15, 0.2) is 6.10 Å². The Labute approximate surface area is 118 Å². The third-order valence-electron chi connectivity index (χ3n) is 2.82. The summed E-state index contributed by atoms with van der Waals surface area (Å²) in [6.07, 6.45) is -1.69. The molecule has 0 aliphatic carbocycles. The van der Waals surface area contributed by atoms with Crippen LogP contribution in [0, 0.1) is 0 Å². The van der Waals surface area contributed by atoms with E-state index in [0.717, 1.165) is 0 Å². The van der Waals surface area contributed by atoms with Gasteiger partial charge in [-0.1, -0.05) is 0 Å². The zero-order valence-electron chi connectivity index (χ0n) is 12.4. The van der Waals surface area contributed by atoms with E-state index in [1.54, 1.807) is 20.8 Å². The van der Waals surface area contributed by atoms with Gasteiger partial charge >= 0.3 is 12.1 Å². The molecule has 20 heavy (non-hydrogen) atoms. The molecule has 0 aromatic carbocycles. The highest BCUT2D eigenvalue weighted by Gasteiger charge is 2.33. The largest absolute Gasteiger partial charge is 0.467 e. The zero-order valence-corrected chi connectivity index (χ0v) is 12.4. The predicted octanol–water partition coefficient (Wildman–Crippen LogP) is 0.546. The number of aliphatic hydroxyl groups is 1. The summed E-state index contributed by atoms with van der Waals surface area (Å²) in [6.45, 7) is 6.38. The van der Waals surface area contributed by atoms with Crippen molar-refractivity contribution >= 4 is 12.1 Å². The van der Waals surface area contributed by atoms with Crippen molar-refractivity contribution in [3.63, 3.8) is 0 Å². The summed E-state index contributed by atoms with van der Waals surface area (Å²) in [4.78, 5) is 24.8. The zero-order chi connectivity index (χ0) is 15.3. The number of hydrogen-bond acceptors (Lipinski definition) is 6. The minimum absolute atomic E-state index is 0.0614. The van der Waals surface area contributed by atoms with Crippen LogP contribution in [0.4, 0.5) is 4.79 Å². The van der Waals surface area contributed by atoms with Gasteiger partial charge in [0.25, 0.3) is 0 Å². The first kappa shape index (κ1) is 16.7. The van der Waals surface area contributed by atoms with E-state index in [4.69, 9.17) is 9.47 Å². The van der Waals surface area contributed by atoms with E-state index >= 15 is 0 Å². The van der Waals surface area contributed by atoms with Crippen LogP contribution in [0.15, 0.2) is 0 Å². The van der Waals surface area contributed by atoms with Crippen molar-refractivity contribution in [3.05, 3.63) is 0 Å². The molecule has 0 bridgehead atoms. The summed E-state index contributed by atoms with van der Waals surface area (Å²) in [5, 5.41) is 9.69. The predicted molar refractivity (Wildman–Crippen MR) is 70.2 cm³/mol. The van der Waals surface area contributed by atoms with Gasteiger partial charge in [-0.2, -0.15) is 0 Å². The van der Waals surface area contributed by atoms with Gasteiger partial charge in [-0.25, -0.2) is 9.59 Å². The average Bonchev–Trinajstić information content (AvgIpc) is 2.36. The van der Waals surface area contributed by atoms with Crippen molar-refractivity contribution in [2.24, 2.45) is 0 Å². The van der Waals surface area contributed by atoms with Crippen LogP contribution in [0.2, 0.25) is 0 Å². The standard InChI is InChI=1S/C13H23NO6/c1-13(2,3)20-12(17)14-5-6-19-8-9(14)7-10(15)11(16)18-4/h9-10,15H,5-8H2,1-4H3. The first-order valence-electron chi connectivity index (χ1n) is 6.58. The van der Waals surface area contributed by atoms with Gasteiger partial charge in [-0.3, -0.25) is 0 Å². The van der Waals surface area contributed by atoms with Gasteiger partial charge in [-0.15, -0.1) is 0 Å². The van der Waals surface area contributed by atoms with Gasteiger partial charge < -0.3 is 24.2 Å². The van der Waals surface area contributed by atoms with Crippen LogP contribution in [0.25, 0.3) is 0 Å². The maximum Gasteiger partial charge on any atom is 0.410 e. The van der Waals surface area contributed by atoms with Gasteiger partial charge in [0.2, 0.25) is 0 Å². The van der Waals surface area contributed by atoms with Crippen molar-refractivity contribution in [2.45, 2.75) is 44.9 Å². The fourth-order valence-electron chi connectivity index (χ4n) is 1.90. The molecule has 1 rings (SSSR count). The van der Waals surface area contributed by atoms with Crippen LogP contribution in [0.3, 0.4) is 0 Å². The maximum atomic E-state index is 12.1. The monoisotopic (exact) mass is 289 g/mol. The lowest BCUT2D eigenvalue weighted by Crippen LogP contribution is -2.52. The third kappa shape index (κ3) is 4.97. The van der Waals surface area contributed by atoms with Crippen LogP contribution in [-0.2, 0) is 19.0 Å². The summed E-state index contributed by atoms with van der Waals surface area (Å²) >= 11 is 0. The fourth-order valence-corrected chi connectivity index (χ4v) is 1.90. The number of aliphatic hydroxyl groups excluding tert-OH is 1. The number of ether oxygens (including phenoxy) is 3. The molecule has 1 saturated heterocycles. The van der Waals surface area contributed by atoms with Crippen LogP contribution in [0.5, 0.6) is 0 Å². The quantitative estimate of drug-likeness (QED) is 0.764. The Morgan fingerprint density at radius 1 is 1.45 bits per heavy atom. The third-order valence-corrected chi connectivity index (χ3v) is 2.82. The number of methoxy groups -OCH3 is 1. The number of hydrogen-bond donors (Lipinski definition) is 1. The highest BCUT2D eigenvalue weighted by Crippen LogP contribution is 2.17. The summed E-state index contributed by atoms with van der Waals surface area (Å²) in [7, 11) is 1.20. The SMILES string of the molecule is COC(=O)C(O)CC1COCCN1C(=O)OC(C)(C)C. The lowest BCUT2D eigenvalue weighted by Gasteiger charge is -2.37. The average molecular weight is 289 g/mol. The van der Waals surface area contributed by atoms with Crippen LogP contribution in [0.1, 0.15) is 27.2 Å². The van der Waals surface area contributed by atoms with Crippen LogP contribution in [-0.4, -0.2) is 66.7 Å². The molecule has 0 radical (unpaired) electrons. The lowest BCUT2D eigenvalue weighted by molar-refractivity contribution is -0.152. The van der Waals surface area contributed by atoms with E-state index in [1.165, 1.54) is 12.0 Å². The van der Waals surface area contributed by atoms with Crippen molar-refractivity contribution in [1.29, 1.82) is 0 Å². The Morgan fingerprint density at radius 3 is 2.65 bits per heavy atom. The minimum Gasteiger partial charge on any atom is -0.467 e. The molecule has 7 heteroatoms. The number of nitrogens with zero attached hydrogens (tertiary/aromatic N) is 1. The van der Waals surface area contributed by atoms with E-state index in [0.29, 0.717) is 13.2 Å². The van der Waals surface area contributed by atoms with E-state index in [1.807, 2.05) is 0 Å². The number of carbonyl (C=O) groups excluding carboxylic acids is 2. The van der Waals surface area contributed by atoms with E-state index < -0.39 is 29.8 Å². The van der Waals surface area contributed by atoms with Gasteiger partial charge in [0, 0.05) is 13.0 Å². The van der Waals surface area contributed by atoms with E-state index in [-0.39, 0.29) is 13.0 Å². The maximum absolute atomic E-state index is 12.1. The lowest BCUT2D eigenvalue weighted by atomic mass is 10.1. The second-order valence-electron chi connectivity index (χ2n) is 5.68. The second-order valence-corrected chi connectivity index (χ2v) is 5.68. The van der Waals surface area contributed by atoms with Gasteiger partial charge in [0.1, 0.15) is 5.60 Å². The number of esters is 1. The number of rotatable bonds is 3. The molecule has 1 aliphatic rings. The molecule has 1 N–H and O–H groups in total.